The van der Waals surface area contributed by atoms with Crippen LogP contribution < -0.4 is 5.73 Å². The Balaban J connectivity index is 1.35. The Morgan fingerprint density at radius 2 is 1.76 bits per heavy atom. The van der Waals surface area contributed by atoms with Gasteiger partial charge in [-0.2, -0.15) is 0 Å². The minimum atomic E-state index is -2.59. The summed E-state index contributed by atoms with van der Waals surface area (Å²) in [6.45, 7) is 3.29. The summed E-state index contributed by atoms with van der Waals surface area (Å²) in [5.74, 6) is -6.56. The lowest BCUT2D eigenvalue weighted by molar-refractivity contribution is -0.144. The summed E-state index contributed by atoms with van der Waals surface area (Å²) in [4.78, 5) is 41.0. The summed E-state index contributed by atoms with van der Waals surface area (Å²) in [6, 6.07) is 10.1. The van der Waals surface area contributed by atoms with Crippen LogP contribution in [0.3, 0.4) is 0 Å². The molecule has 10 heteroatoms. The molecule has 0 saturated carbocycles. The molecular weight excluding hydrogens is 548 g/mol. The fourth-order valence-electron chi connectivity index (χ4n) is 7.35. The molecule has 214 valence electrons. The van der Waals surface area contributed by atoms with Crippen LogP contribution in [0.15, 0.2) is 53.0 Å². The van der Waals surface area contributed by atoms with Gasteiger partial charge in [-0.25, -0.2) is 0 Å². The number of Topliss-reactive ketones (excluding diaryl/α,β-unsaturated/α-hetero) is 2. The maximum atomic E-state index is 13.7. The van der Waals surface area contributed by atoms with Gasteiger partial charge in [0.2, 0.25) is 5.78 Å². The van der Waals surface area contributed by atoms with E-state index in [1.807, 2.05) is 12.1 Å². The number of hydrogen-bond acceptors (Lipinski definition) is 8. The first-order valence-corrected chi connectivity index (χ1v) is 14.2. The van der Waals surface area contributed by atoms with Crippen molar-refractivity contribution < 1.29 is 34.8 Å². The molecule has 3 atom stereocenters. The molecule has 1 unspecified atom stereocenters. The lowest BCUT2D eigenvalue weighted by Crippen LogP contribution is -2.57. The molecule has 41 heavy (non-hydrogen) atoms. The number of phenolic OH excluding ortho intramolecular Hbond substituents is 1. The van der Waals surface area contributed by atoms with Crippen molar-refractivity contribution in [3.05, 3.63) is 85.8 Å². The molecule has 4 aliphatic carbocycles. The Hall–Kier alpha value is -3.66. The summed E-state index contributed by atoms with van der Waals surface area (Å²) in [6.07, 6.45) is 1.79. The molecule has 6 N–H and O–H groups in total. The number of aliphatic hydroxyl groups excluding tert-OH is 2. The zero-order valence-electron chi connectivity index (χ0n) is 22.5. The van der Waals surface area contributed by atoms with Crippen molar-refractivity contribution in [1.29, 1.82) is 0 Å². The summed E-state index contributed by atoms with van der Waals surface area (Å²) in [5, 5.41) is 44.3. The van der Waals surface area contributed by atoms with E-state index in [0.29, 0.717) is 22.7 Å². The van der Waals surface area contributed by atoms with Crippen LogP contribution in [-0.4, -0.2) is 61.0 Å². The Morgan fingerprint density at radius 1 is 1.10 bits per heavy atom. The van der Waals surface area contributed by atoms with Gasteiger partial charge < -0.3 is 26.2 Å². The summed E-state index contributed by atoms with van der Waals surface area (Å²) in [5.41, 5.74) is 5.36. The fourth-order valence-corrected chi connectivity index (χ4v) is 7.63. The maximum Gasteiger partial charge on any atom is 0.255 e. The van der Waals surface area contributed by atoms with E-state index in [0.717, 1.165) is 19.4 Å². The second-order valence-corrected chi connectivity index (χ2v) is 11.9. The number of likely N-dealkylation sites (N-methyl/N-ethyl adjacent to an activating group) is 1. The summed E-state index contributed by atoms with van der Waals surface area (Å²) in [7, 11) is 0. The summed E-state index contributed by atoms with van der Waals surface area (Å²) >= 11 is 6.92. The Labute approximate surface area is 241 Å². The quantitative estimate of drug-likeness (QED) is 0.338. The van der Waals surface area contributed by atoms with Crippen LogP contribution in [0.1, 0.15) is 52.4 Å². The largest absolute Gasteiger partial charge is 0.511 e. The first-order valence-electron chi connectivity index (χ1n) is 13.8. The molecule has 0 aromatic heterocycles. The number of carbonyl (C=O) groups is 3. The molecule has 0 aliphatic heterocycles. The molecule has 0 saturated heterocycles. The van der Waals surface area contributed by atoms with Gasteiger partial charge in [-0.05, 0) is 66.5 Å². The van der Waals surface area contributed by atoms with Crippen molar-refractivity contribution in [2.75, 3.05) is 6.54 Å². The van der Waals surface area contributed by atoms with E-state index in [-0.39, 0.29) is 42.2 Å². The number of nitrogens with two attached hydrogens (primary N) is 1. The molecule has 6 rings (SSSR count). The van der Waals surface area contributed by atoms with Crippen molar-refractivity contribution >= 4 is 29.1 Å². The molecule has 0 bridgehead atoms. The number of ketones is 2. The maximum absolute atomic E-state index is 13.7. The number of carbonyl (C=O) groups excluding carboxylic acids is 3. The van der Waals surface area contributed by atoms with Gasteiger partial charge in [-0.15, -0.1) is 0 Å². The van der Waals surface area contributed by atoms with Crippen LogP contribution in [0, 0.1) is 11.8 Å². The van der Waals surface area contributed by atoms with E-state index in [9.17, 15) is 34.8 Å². The van der Waals surface area contributed by atoms with E-state index in [1.165, 1.54) is 17.2 Å². The van der Waals surface area contributed by atoms with Crippen LogP contribution in [0.5, 0.6) is 5.75 Å². The predicted molar refractivity (Wildman–Crippen MR) is 150 cm³/mol. The minimum absolute atomic E-state index is 0.0612. The lowest BCUT2D eigenvalue weighted by Gasteiger charge is -2.45. The number of primary amides is 1. The normalized spacial score (nSPS) is 25.8. The number of hydrogen-bond donors (Lipinski definition) is 5. The van der Waals surface area contributed by atoms with E-state index in [4.69, 9.17) is 17.3 Å². The number of aromatic hydroxyl groups is 1. The molecular formula is C31H31ClN2O7. The molecule has 9 nitrogen and oxygen atoms in total. The summed E-state index contributed by atoms with van der Waals surface area (Å²) < 4.78 is 0. The van der Waals surface area contributed by atoms with Crippen molar-refractivity contribution in [2.45, 2.75) is 57.2 Å². The van der Waals surface area contributed by atoms with Gasteiger partial charge >= 0.3 is 0 Å². The number of aliphatic hydroxyl groups is 3. The van der Waals surface area contributed by atoms with Crippen LogP contribution in [0.4, 0.5) is 0 Å². The molecule has 0 heterocycles. The molecule has 0 radical (unpaired) electrons. The van der Waals surface area contributed by atoms with Crippen LogP contribution >= 0.6 is 11.6 Å². The van der Waals surface area contributed by atoms with Crippen molar-refractivity contribution in [3.8, 4) is 5.75 Å². The van der Waals surface area contributed by atoms with Gasteiger partial charge in [0.25, 0.3) is 5.91 Å². The highest BCUT2D eigenvalue weighted by atomic mass is 35.5. The molecule has 0 fully saturated rings. The first-order chi connectivity index (χ1) is 19.5. The van der Waals surface area contributed by atoms with Gasteiger partial charge in [-0.3, -0.25) is 19.3 Å². The van der Waals surface area contributed by atoms with E-state index >= 15 is 0 Å². The smallest absolute Gasteiger partial charge is 0.255 e. The highest BCUT2D eigenvalue weighted by Gasteiger charge is 2.59. The minimum Gasteiger partial charge on any atom is -0.511 e. The number of benzene rings is 2. The highest BCUT2D eigenvalue weighted by molar-refractivity contribution is 6.33. The Kier molecular flexibility index (Phi) is 6.52. The van der Waals surface area contributed by atoms with Gasteiger partial charge in [0.1, 0.15) is 22.8 Å². The van der Waals surface area contributed by atoms with Gasteiger partial charge in [0.15, 0.2) is 11.4 Å². The van der Waals surface area contributed by atoms with E-state index in [1.54, 1.807) is 0 Å². The van der Waals surface area contributed by atoms with Gasteiger partial charge in [0, 0.05) is 35.5 Å². The van der Waals surface area contributed by atoms with Crippen molar-refractivity contribution in [3.63, 3.8) is 0 Å². The monoisotopic (exact) mass is 578 g/mol. The lowest BCUT2D eigenvalue weighted by atomic mass is 9.60. The van der Waals surface area contributed by atoms with Gasteiger partial charge in [-0.1, -0.05) is 42.8 Å². The Morgan fingerprint density at radius 3 is 2.37 bits per heavy atom. The fraction of sp³-hybridized carbons (Fsp3) is 0.387. The number of rotatable bonds is 5. The zero-order valence-corrected chi connectivity index (χ0v) is 23.2. The standard InChI is InChI=1S/C31H31ClN2O7/c1-2-34(19-8-14-5-3-4-6-15(14)9-19)13-17-11-21(35)24-20(26(17)32)10-16-7-18-12-22(36)25(30(33)40)29(39)31(18,41)28(38)23(16)27(24)37/h3-6,11,16,18-19,35-36,38,41H,2,7-10,12-13H2,1H3,(H2,33,40)/t16?,18-,31-/m0/s1. The Bertz CT molecular complexity index is 1570. The molecule has 4 aliphatic rings. The van der Waals surface area contributed by atoms with E-state index < -0.39 is 52.0 Å². The topological polar surface area (TPSA) is 161 Å². The van der Waals surface area contributed by atoms with Crippen molar-refractivity contribution in [2.24, 2.45) is 17.6 Å². The number of phenols is 1. The average molecular weight is 579 g/mol. The molecule has 2 aromatic carbocycles. The number of nitrogens with zero attached hydrogens (tertiary/aromatic N) is 1. The number of halogens is 1. The third kappa shape index (κ3) is 4.01. The average Bonchev–Trinajstić information content (AvgIpc) is 3.35. The highest BCUT2D eigenvalue weighted by Crippen LogP contribution is 2.52. The second-order valence-electron chi connectivity index (χ2n) is 11.5. The van der Waals surface area contributed by atoms with E-state index in [2.05, 4.69) is 24.0 Å². The molecule has 0 spiro atoms. The van der Waals surface area contributed by atoms with Crippen LogP contribution in [-0.2, 0) is 35.4 Å². The SMILES string of the molecule is CCN(Cc1cc(O)c2c(c1Cl)CC1C[C@H]3CC(O)=C(C(N)=O)C(=O)[C@@]3(O)C(O)=C1C2=O)C1Cc2ccccc2C1. The van der Waals surface area contributed by atoms with Crippen molar-refractivity contribution in [1.82, 2.24) is 4.90 Å². The predicted octanol–water partition coefficient (Wildman–Crippen LogP) is 3.22. The molecule has 1 amide bonds. The molecule has 2 aromatic rings. The van der Waals surface area contributed by atoms with Crippen LogP contribution in [0.25, 0.3) is 0 Å². The van der Waals surface area contributed by atoms with Crippen LogP contribution in [0.2, 0.25) is 5.02 Å². The second kappa shape index (κ2) is 9.72. The van der Waals surface area contributed by atoms with Gasteiger partial charge in [0.05, 0.1) is 5.56 Å². The number of allylic oxidation sites excluding steroid dienone is 2. The third-order valence-electron chi connectivity index (χ3n) is 9.40. The third-order valence-corrected chi connectivity index (χ3v) is 9.87. The number of fused-ring (bicyclic) bond motifs is 4. The first kappa shape index (κ1) is 27.5. The zero-order chi connectivity index (χ0) is 29.4. The number of amides is 1.